The molecule has 0 saturated heterocycles. The predicted molar refractivity (Wildman–Crippen MR) is 162 cm³/mol. The van der Waals surface area contributed by atoms with E-state index in [2.05, 4.69) is 64.5 Å². The topological polar surface area (TPSA) is 68.4 Å². The summed E-state index contributed by atoms with van der Waals surface area (Å²) in [6.45, 7) is 4.13. The van der Waals surface area contributed by atoms with Gasteiger partial charge in [0, 0.05) is 33.4 Å². The first-order valence-electron chi connectivity index (χ1n) is 13.2. The average Bonchev–Trinajstić information content (AvgIpc) is 3.28. The third-order valence-electron chi connectivity index (χ3n) is 7.28. The first-order chi connectivity index (χ1) is 19.5. The number of pyridine rings is 1. The lowest BCUT2D eigenvalue weighted by molar-refractivity contribution is -0.121. The van der Waals surface area contributed by atoms with E-state index >= 15 is 0 Å². The van der Waals surface area contributed by atoms with Gasteiger partial charge in [0.1, 0.15) is 6.54 Å². The number of aryl methyl sites for hydroxylation is 1. The number of para-hydroxylation sites is 2. The molecule has 196 valence electrons. The highest BCUT2D eigenvalue weighted by molar-refractivity contribution is 5.95. The van der Waals surface area contributed by atoms with Crippen LogP contribution >= 0.6 is 0 Å². The van der Waals surface area contributed by atoms with Crippen molar-refractivity contribution in [1.82, 2.24) is 14.6 Å². The van der Waals surface area contributed by atoms with Gasteiger partial charge < -0.3 is 9.13 Å². The summed E-state index contributed by atoms with van der Waals surface area (Å²) in [4.78, 5) is 25.9. The summed E-state index contributed by atoms with van der Waals surface area (Å²) in [5.74, 6) is -0.277. The molecule has 6 rings (SSSR count). The number of carbonyl (C=O) groups excluding carboxylic acids is 1. The van der Waals surface area contributed by atoms with E-state index in [1.165, 1.54) is 11.1 Å². The van der Waals surface area contributed by atoms with E-state index in [0.717, 1.165) is 22.6 Å². The van der Waals surface area contributed by atoms with Crippen LogP contribution in [0.3, 0.4) is 0 Å². The van der Waals surface area contributed by atoms with Crippen LogP contribution in [0.1, 0.15) is 17.0 Å². The molecule has 0 aliphatic rings. The summed E-state index contributed by atoms with van der Waals surface area (Å²) in [6.07, 6.45) is 1.68. The number of nitrogens with one attached hydrogen (secondary N) is 1. The maximum absolute atomic E-state index is 13.0. The minimum absolute atomic E-state index is 0.0332. The van der Waals surface area contributed by atoms with Gasteiger partial charge in [0.2, 0.25) is 0 Å². The van der Waals surface area contributed by atoms with E-state index in [9.17, 15) is 9.59 Å². The Labute approximate surface area is 231 Å². The van der Waals surface area contributed by atoms with Gasteiger partial charge in [0.25, 0.3) is 5.91 Å². The van der Waals surface area contributed by atoms with Crippen LogP contribution in [-0.2, 0) is 11.3 Å². The third-order valence-corrected chi connectivity index (χ3v) is 7.28. The van der Waals surface area contributed by atoms with Gasteiger partial charge in [-0.1, -0.05) is 66.7 Å². The highest BCUT2D eigenvalue weighted by Gasteiger charge is 2.13. The van der Waals surface area contributed by atoms with Crippen LogP contribution in [0.25, 0.3) is 38.6 Å². The van der Waals surface area contributed by atoms with Gasteiger partial charge in [-0.3, -0.25) is 9.59 Å². The van der Waals surface area contributed by atoms with Crippen molar-refractivity contribution in [2.45, 2.75) is 20.4 Å². The molecule has 2 heterocycles. The Morgan fingerprint density at radius 2 is 1.35 bits per heavy atom. The molecule has 1 amide bonds. The Balaban J connectivity index is 1.22. The lowest BCUT2D eigenvalue weighted by Crippen LogP contribution is -2.25. The predicted octanol–water partition coefficient (Wildman–Crippen LogP) is 6.38. The number of rotatable bonds is 6. The second-order valence-electron chi connectivity index (χ2n) is 9.82. The van der Waals surface area contributed by atoms with Gasteiger partial charge in [-0.25, -0.2) is 5.43 Å². The van der Waals surface area contributed by atoms with Crippen molar-refractivity contribution in [3.63, 3.8) is 0 Å². The number of amides is 1. The Kier molecular flexibility index (Phi) is 6.58. The lowest BCUT2D eigenvalue weighted by Gasteiger charge is -2.14. The molecule has 0 unspecified atom stereocenters. The molecule has 6 heteroatoms. The van der Waals surface area contributed by atoms with Crippen molar-refractivity contribution in [1.29, 1.82) is 0 Å². The number of aromatic nitrogens is 2. The third kappa shape index (κ3) is 4.60. The molecule has 0 aliphatic heterocycles. The second kappa shape index (κ2) is 10.5. The molecule has 40 heavy (non-hydrogen) atoms. The average molecular weight is 525 g/mol. The van der Waals surface area contributed by atoms with Crippen molar-refractivity contribution in [3.8, 4) is 16.8 Å². The van der Waals surface area contributed by atoms with E-state index < -0.39 is 0 Å². The maximum atomic E-state index is 13.0. The van der Waals surface area contributed by atoms with E-state index in [1.54, 1.807) is 18.3 Å². The summed E-state index contributed by atoms with van der Waals surface area (Å²) in [7, 11) is 0. The normalized spacial score (nSPS) is 11.4. The zero-order valence-corrected chi connectivity index (χ0v) is 22.3. The van der Waals surface area contributed by atoms with Crippen LogP contribution in [0.4, 0.5) is 0 Å². The summed E-state index contributed by atoms with van der Waals surface area (Å²) in [5.41, 5.74) is 10.5. The molecule has 0 radical (unpaired) electrons. The number of nitrogens with zero attached hydrogens (tertiary/aromatic N) is 3. The SMILES string of the molecule is Cc1cc(/C=N\NC(=O)Cn2c3ccccc3c(=O)c3ccccc32)c(C)n1-c1ccc(-c2ccccc2)cc1. The van der Waals surface area contributed by atoms with Crippen LogP contribution in [0.15, 0.2) is 119 Å². The molecule has 0 fully saturated rings. The van der Waals surface area contributed by atoms with Crippen LogP contribution in [-0.4, -0.2) is 21.3 Å². The number of hydrogen-bond acceptors (Lipinski definition) is 3. The molecule has 4 aromatic carbocycles. The zero-order valence-electron chi connectivity index (χ0n) is 22.3. The monoisotopic (exact) mass is 524 g/mol. The number of carbonyl (C=O) groups is 1. The molecular formula is C34H28N4O2. The summed E-state index contributed by atoms with van der Waals surface area (Å²) < 4.78 is 4.04. The molecule has 0 saturated carbocycles. The lowest BCUT2D eigenvalue weighted by atomic mass is 10.1. The molecule has 0 aliphatic carbocycles. The fourth-order valence-electron chi connectivity index (χ4n) is 5.35. The molecule has 0 spiro atoms. The van der Waals surface area contributed by atoms with Crippen LogP contribution in [0.2, 0.25) is 0 Å². The van der Waals surface area contributed by atoms with Crippen LogP contribution in [0, 0.1) is 13.8 Å². The van der Waals surface area contributed by atoms with Crippen LogP contribution < -0.4 is 10.9 Å². The number of benzene rings is 4. The quantitative estimate of drug-likeness (QED) is 0.156. The van der Waals surface area contributed by atoms with Crippen molar-refractivity contribution in [2.75, 3.05) is 0 Å². The summed E-state index contributed by atoms with van der Waals surface area (Å²) >= 11 is 0. The van der Waals surface area contributed by atoms with Gasteiger partial charge >= 0.3 is 0 Å². The first kappa shape index (κ1) is 25.1. The van der Waals surface area contributed by atoms with E-state index in [1.807, 2.05) is 66.1 Å². The van der Waals surface area contributed by atoms with Gasteiger partial charge in [-0.2, -0.15) is 5.10 Å². The Hall–Kier alpha value is -5.23. The summed E-state index contributed by atoms with van der Waals surface area (Å²) in [6, 6.07) is 35.6. The molecule has 2 aromatic heterocycles. The molecule has 0 atom stereocenters. The van der Waals surface area contributed by atoms with Crippen molar-refractivity contribution in [2.24, 2.45) is 5.10 Å². The number of fused-ring (bicyclic) bond motifs is 2. The zero-order chi connectivity index (χ0) is 27.6. The van der Waals surface area contributed by atoms with Crippen molar-refractivity contribution in [3.05, 3.63) is 136 Å². The van der Waals surface area contributed by atoms with Gasteiger partial charge in [0.15, 0.2) is 5.43 Å². The fraction of sp³-hybridized carbons (Fsp3) is 0.0882. The van der Waals surface area contributed by atoms with Gasteiger partial charge in [0.05, 0.1) is 17.2 Å². The smallest absolute Gasteiger partial charge is 0.260 e. The standard InChI is InChI=1S/C34H28N4O2/c1-23-20-27(24(2)38(23)28-18-16-26(17-19-28)25-10-4-3-5-11-25)21-35-36-33(39)22-37-31-14-8-6-12-29(31)34(40)30-13-7-9-15-32(30)37/h3-21H,22H2,1-2H3,(H,36,39)/b35-21-. The maximum Gasteiger partial charge on any atom is 0.260 e. The Bertz CT molecular complexity index is 1890. The molecule has 1 N–H and O–H groups in total. The van der Waals surface area contributed by atoms with Crippen LogP contribution in [0.5, 0.6) is 0 Å². The molecule has 6 nitrogen and oxygen atoms in total. The number of hydrogen-bond donors (Lipinski definition) is 1. The minimum atomic E-state index is -0.277. The second-order valence-corrected chi connectivity index (χ2v) is 9.82. The first-order valence-corrected chi connectivity index (χ1v) is 13.2. The number of hydrazone groups is 1. The largest absolute Gasteiger partial charge is 0.331 e. The fourth-order valence-corrected chi connectivity index (χ4v) is 5.35. The van der Waals surface area contributed by atoms with Crippen molar-refractivity contribution >= 4 is 33.9 Å². The molecule has 0 bridgehead atoms. The van der Waals surface area contributed by atoms with E-state index in [0.29, 0.717) is 21.8 Å². The van der Waals surface area contributed by atoms with E-state index in [4.69, 9.17) is 0 Å². The summed E-state index contributed by atoms with van der Waals surface area (Å²) in [5, 5.41) is 5.44. The minimum Gasteiger partial charge on any atom is -0.331 e. The molecule has 6 aromatic rings. The van der Waals surface area contributed by atoms with E-state index in [-0.39, 0.29) is 17.9 Å². The van der Waals surface area contributed by atoms with Gasteiger partial charge in [-0.15, -0.1) is 0 Å². The molecular weight excluding hydrogens is 496 g/mol. The Morgan fingerprint density at radius 1 is 0.775 bits per heavy atom. The highest BCUT2D eigenvalue weighted by atomic mass is 16.2. The van der Waals surface area contributed by atoms with Gasteiger partial charge in [-0.05, 0) is 67.4 Å². The highest BCUT2D eigenvalue weighted by Crippen LogP contribution is 2.24. The Morgan fingerprint density at radius 3 is 2.00 bits per heavy atom. The van der Waals surface area contributed by atoms with Crippen molar-refractivity contribution < 1.29 is 4.79 Å².